The fourth-order valence-corrected chi connectivity index (χ4v) is 8.78. The second-order valence-electron chi connectivity index (χ2n) is 9.73. The number of aliphatic hydroxyl groups is 1. The maximum atomic E-state index is 13.7. The van der Waals surface area contributed by atoms with E-state index in [1.54, 1.807) is 23.7 Å². The molecular formula is C23H38N4O5S. The van der Waals surface area contributed by atoms with Gasteiger partial charge in [0.25, 0.3) is 0 Å². The third-order valence-electron chi connectivity index (χ3n) is 7.93. The average Bonchev–Trinajstić information content (AvgIpc) is 3.40. The Balaban J connectivity index is 1.53. The Morgan fingerprint density at radius 3 is 2.64 bits per heavy atom. The molecule has 9 nitrogen and oxygen atoms in total. The minimum atomic E-state index is -0.562. The molecule has 186 valence electrons. The smallest absolute Gasteiger partial charge is 0.244 e. The van der Waals surface area contributed by atoms with Crippen molar-refractivity contribution in [3.8, 4) is 0 Å². The van der Waals surface area contributed by atoms with Gasteiger partial charge < -0.3 is 25.4 Å². The monoisotopic (exact) mass is 482 g/mol. The Bertz CT molecular complexity index is 748. The first-order valence-electron chi connectivity index (χ1n) is 12.3. The molecule has 0 aromatic heterocycles. The Morgan fingerprint density at radius 2 is 1.94 bits per heavy atom. The molecule has 4 aliphatic rings. The van der Waals surface area contributed by atoms with Crippen LogP contribution in [-0.2, 0) is 19.1 Å². The molecule has 1 spiro atoms. The Hall–Kier alpha value is -1.36. The highest BCUT2D eigenvalue weighted by molar-refractivity contribution is 8.02. The summed E-state index contributed by atoms with van der Waals surface area (Å²) >= 11 is 1.71. The Morgan fingerprint density at radius 1 is 1.18 bits per heavy atom. The van der Waals surface area contributed by atoms with Crippen LogP contribution in [0.15, 0.2) is 0 Å². The van der Waals surface area contributed by atoms with E-state index in [9.17, 15) is 14.4 Å². The first-order valence-corrected chi connectivity index (χ1v) is 13.2. The molecule has 0 aromatic rings. The molecule has 4 saturated heterocycles. The van der Waals surface area contributed by atoms with Crippen molar-refractivity contribution >= 4 is 29.5 Å². The lowest BCUT2D eigenvalue weighted by molar-refractivity contribution is -0.140. The molecule has 3 N–H and O–H groups in total. The van der Waals surface area contributed by atoms with Crippen LogP contribution in [0.1, 0.15) is 32.6 Å². The maximum Gasteiger partial charge on any atom is 0.244 e. The number of nitrogens with zero attached hydrogens (tertiary/aromatic N) is 2. The van der Waals surface area contributed by atoms with Gasteiger partial charge in [-0.1, -0.05) is 6.92 Å². The Labute approximate surface area is 200 Å². The van der Waals surface area contributed by atoms with Crippen LogP contribution >= 0.6 is 11.8 Å². The molecule has 2 bridgehead atoms. The Kier molecular flexibility index (Phi) is 7.87. The lowest BCUT2D eigenvalue weighted by Crippen LogP contribution is -2.57. The van der Waals surface area contributed by atoms with E-state index in [0.717, 1.165) is 38.9 Å². The van der Waals surface area contributed by atoms with Crippen molar-refractivity contribution in [3.63, 3.8) is 0 Å². The second kappa shape index (κ2) is 10.5. The lowest BCUT2D eigenvalue weighted by Gasteiger charge is -2.38. The van der Waals surface area contributed by atoms with Crippen LogP contribution in [0.5, 0.6) is 0 Å². The summed E-state index contributed by atoms with van der Waals surface area (Å²) in [6, 6.07) is -0.562. The number of likely N-dealkylation sites (tertiary alicyclic amines) is 1. The van der Waals surface area contributed by atoms with Crippen molar-refractivity contribution in [2.75, 3.05) is 59.6 Å². The largest absolute Gasteiger partial charge is 0.396 e. The minimum absolute atomic E-state index is 0.0533. The van der Waals surface area contributed by atoms with Crippen molar-refractivity contribution in [2.24, 2.45) is 17.8 Å². The number of hydrogen-bond acceptors (Lipinski definition) is 7. The van der Waals surface area contributed by atoms with Crippen LogP contribution in [0.4, 0.5) is 0 Å². The molecular weight excluding hydrogens is 444 g/mol. The van der Waals surface area contributed by atoms with Gasteiger partial charge in [-0.05, 0) is 31.6 Å². The van der Waals surface area contributed by atoms with Crippen molar-refractivity contribution in [3.05, 3.63) is 0 Å². The van der Waals surface area contributed by atoms with Gasteiger partial charge in [-0.3, -0.25) is 19.3 Å². The number of amides is 3. The molecule has 0 saturated carbocycles. The van der Waals surface area contributed by atoms with E-state index in [2.05, 4.69) is 22.5 Å². The highest BCUT2D eigenvalue weighted by Crippen LogP contribution is 2.68. The zero-order chi connectivity index (χ0) is 23.6. The summed E-state index contributed by atoms with van der Waals surface area (Å²) in [6.07, 6.45) is 3.07. The number of morpholine rings is 1. The summed E-state index contributed by atoms with van der Waals surface area (Å²) in [5.41, 5.74) is 0. The van der Waals surface area contributed by atoms with Crippen molar-refractivity contribution in [2.45, 2.75) is 48.6 Å². The number of rotatable bonds is 10. The van der Waals surface area contributed by atoms with Gasteiger partial charge in [0.15, 0.2) is 0 Å². The van der Waals surface area contributed by atoms with E-state index in [0.29, 0.717) is 32.7 Å². The fourth-order valence-electron chi connectivity index (χ4n) is 6.36. The quantitative estimate of drug-likeness (QED) is 0.366. The number of thioether (sulfide) groups is 1. The van der Waals surface area contributed by atoms with Crippen LogP contribution in [0, 0.1) is 17.8 Å². The number of aliphatic hydroxyl groups excluding tert-OH is 1. The molecule has 4 rings (SSSR count). The van der Waals surface area contributed by atoms with Crippen LogP contribution in [-0.4, -0.2) is 108 Å². The number of nitrogens with one attached hydrogen (secondary N) is 2. The normalized spacial score (nSPS) is 35.7. The molecule has 4 fully saturated rings. The summed E-state index contributed by atoms with van der Waals surface area (Å²) in [7, 11) is 1.62. The molecule has 3 amide bonds. The van der Waals surface area contributed by atoms with Crippen molar-refractivity contribution in [1.82, 2.24) is 20.4 Å². The summed E-state index contributed by atoms with van der Waals surface area (Å²) in [4.78, 5) is 44.2. The van der Waals surface area contributed by atoms with Gasteiger partial charge in [-0.25, -0.2) is 0 Å². The van der Waals surface area contributed by atoms with Gasteiger partial charge in [0.05, 0.1) is 29.8 Å². The van der Waals surface area contributed by atoms with Gasteiger partial charge >= 0.3 is 0 Å². The third-order valence-corrected chi connectivity index (χ3v) is 10.0. The predicted octanol–water partition coefficient (Wildman–Crippen LogP) is -0.319. The summed E-state index contributed by atoms with van der Waals surface area (Å²) < 4.78 is 4.84. The maximum absolute atomic E-state index is 13.7. The van der Waals surface area contributed by atoms with E-state index < -0.39 is 16.7 Å². The SMILES string of the molecule is CNC(=O)[C@@H]1[C@H]2C(=O)N(CCCCCO)C(C(=O)NCCN3CCOCC3)C23S[C@@H]1CC3C. The standard InChI is InChI=1S/C23H38N4O5S/c1-15-14-16-17(20(29)24-2)18-22(31)27(7-4-3-5-11-28)19(23(15,18)33-16)21(30)25-6-8-26-9-12-32-13-10-26/h15-19,28H,3-14H2,1-2H3,(H,24,29)(H,25,30)/t15?,16-,17+,18+,19?,23?/m1/s1. The summed E-state index contributed by atoms with van der Waals surface area (Å²) in [5.74, 6) is -0.895. The van der Waals surface area contributed by atoms with E-state index in [1.807, 2.05) is 0 Å². The van der Waals surface area contributed by atoms with Crippen LogP contribution in [0.3, 0.4) is 0 Å². The van der Waals surface area contributed by atoms with Crippen molar-refractivity contribution in [1.29, 1.82) is 0 Å². The molecule has 0 radical (unpaired) electrons. The lowest BCUT2D eigenvalue weighted by atomic mass is 9.66. The second-order valence-corrected chi connectivity index (χ2v) is 11.3. The van der Waals surface area contributed by atoms with Gasteiger partial charge in [-0.2, -0.15) is 0 Å². The highest BCUT2D eigenvalue weighted by atomic mass is 32.2. The zero-order valence-electron chi connectivity index (χ0n) is 19.8. The first-order chi connectivity index (χ1) is 16.0. The molecule has 4 heterocycles. The summed E-state index contributed by atoms with van der Waals surface area (Å²) in [5, 5.41) is 15.1. The van der Waals surface area contributed by atoms with Crippen LogP contribution in [0.25, 0.3) is 0 Å². The number of hydrogen-bond donors (Lipinski definition) is 3. The number of carbonyl (C=O) groups excluding carboxylic acids is 3. The molecule has 4 aliphatic heterocycles. The minimum Gasteiger partial charge on any atom is -0.396 e. The predicted molar refractivity (Wildman–Crippen MR) is 126 cm³/mol. The van der Waals surface area contributed by atoms with Gasteiger partial charge in [-0.15, -0.1) is 11.8 Å². The number of unbranched alkanes of at least 4 members (excludes halogenated alkanes) is 2. The van der Waals surface area contributed by atoms with Gasteiger partial charge in [0.2, 0.25) is 17.7 Å². The molecule has 3 unspecified atom stereocenters. The topological polar surface area (TPSA) is 111 Å². The first kappa shape index (κ1) is 24.8. The number of fused-ring (bicyclic) bond motifs is 1. The fraction of sp³-hybridized carbons (Fsp3) is 0.870. The summed E-state index contributed by atoms with van der Waals surface area (Å²) in [6.45, 7) is 7.19. The molecule has 0 aromatic carbocycles. The van der Waals surface area contributed by atoms with E-state index in [1.165, 1.54) is 0 Å². The zero-order valence-corrected chi connectivity index (χ0v) is 20.6. The van der Waals surface area contributed by atoms with Crippen LogP contribution in [0.2, 0.25) is 0 Å². The van der Waals surface area contributed by atoms with E-state index in [-0.39, 0.29) is 41.4 Å². The molecule has 0 aliphatic carbocycles. The van der Waals surface area contributed by atoms with Crippen LogP contribution < -0.4 is 10.6 Å². The van der Waals surface area contributed by atoms with Gasteiger partial charge in [0.1, 0.15) is 6.04 Å². The number of carbonyl (C=O) groups is 3. The molecule has 33 heavy (non-hydrogen) atoms. The number of ether oxygens (including phenoxy) is 1. The third kappa shape index (κ3) is 4.39. The van der Waals surface area contributed by atoms with Crippen molar-refractivity contribution < 1.29 is 24.2 Å². The molecule has 10 heteroatoms. The van der Waals surface area contributed by atoms with E-state index >= 15 is 0 Å². The molecule has 6 atom stereocenters. The van der Waals surface area contributed by atoms with Gasteiger partial charge in [0, 0.05) is 51.6 Å². The highest BCUT2D eigenvalue weighted by Gasteiger charge is 2.75. The average molecular weight is 483 g/mol. The van der Waals surface area contributed by atoms with E-state index in [4.69, 9.17) is 9.84 Å².